The second-order valence-corrected chi connectivity index (χ2v) is 12.7. The molecule has 0 heterocycles. The monoisotopic (exact) mass is 792 g/mol. The summed E-state index contributed by atoms with van der Waals surface area (Å²) in [4.78, 5) is 84.6. The van der Waals surface area contributed by atoms with Gasteiger partial charge in [0.05, 0.1) is 0 Å². The Morgan fingerprint density at radius 2 is 0.804 bits per heavy atom. The molecule has 2 amide bonds. The first kappa shape index (κ1) is 50.1. The first-order valence-corrected chi connectivity index (χ1v) is 17.6. The fourth-order valence-electron chi connectivity index (χ4n) is 4.24. The molecule has 0 radical (unpaired) electrons. The normalized spacial score (nSPS) is 11.8. The summed E-state index contributed by atoms with van der Waals surface area (Å²) in [6.45, 7) is 22.7. The number of alkyl carbamates (subject to hydrolysis) is 2. The Morgan fingerprint density at radius 3 is 1.11 bits per heavy atom. The van der Waals surface area contributed by atoms with Crippen molar-refractivity contribution in [1.82, 2.24) is 10.6 Å². The van der Waals surface area contributed by atoms with E-state index in [9.17, 15) is 33.6 Å². The summed E-state index contributed by atoms with van der Waals surface area (Å²) >= 11 is 0. The minimum Gasteiger partial charge on any atom is -0.493 e. The zero-order chi connectivity index (χ0) is 42.6. The summed E-state index contributed by atoms with van der Waals surface area (Å²) in [6, 6.07) is -0.683. The summed E-state index contributed by atoms with van der Waals surface area (Å²) in [6.07, 6.45) is 5.89. The number of amides is 2. The third kappa shape index (κ3) is 22.4. The van der Waals surface area contributed by atoms with Gasteiger partial charge in [0.1, 0.15) is 69.4 Å². The molecule has 2 atom stereocenters. The van der Waals surface area contributed by atoms with Crippen LogP contribution in [0.25, 0.3) is 0 Å². The lowest BCUT2D eigenvalue weighted by molar-refractivity contribution is -0.161. The first-order valence-electron chi connectivity index (χ1n) is 17.6. The number of carbonyl (C=O) groups is 7. The van der Waals surface area contributed by atoms with E-state index in [0.29, 0.717) is 25.7 Å². The van der Waals surface area contributed by atoms with Gasteiger partial charge < -0.3 is 48.5 Å². The van der Waals surface area contributed by atoms with Crippen LogP contribution in [-0.2, 0) is 61.9 Å². The molecule has 0 aromatic carbocycles. The highest BCUT2D eigenvalue weighted by molar-refractivity contribution is 5.82. The van der Waals surface area contributed by atoms with Crippen LogP contribution in [0.4, 0.5) is 9.59 Å². The first-order chi connectivity index (χ1) is 26.5. The molecular weight excluding hydrogens is 736 g/mol. The molecule has 2 N–H and O–H groups in total. The molecule has 0 aromatic heterocycles. The molecule has 0 aliphatic rings. The van der Waals surface area contributed by atoms with Crippen molar-refractivity contribution in [2.24, 2.45) is 10.8 Å². The Balaban J connectivity index is 5.22. The molecule has 0 aliphatic carbocycles. The van der Waals surface area contributed by atoms with E-state index >= 15 is 0 Å². The van der Waals surface area contributed by atoms with E-state index in [1.165, 1.54) is 6.08 Å². The van der Waals surface area contributed by atoms with Gasteiger partial charge in [-0.2, -0.15) is 0 Å². The standard InChI is InChI=1S/C39H56N2O15/c1-10-30(9)49-20-38(21-50-31(42)11-2,22-51-32(43)12-3)26-55-36(47)40-28(7)18-16-17-19-29(8)41-37(48)56-27-39(23-52-33(44)13-4,24-53-34(45)14-5)25-54-35(46)15-6/h10-14,28-29H,1-5,9,15-27H2,6-8H3,(H,40,47)(H,41,48). The SMILES string of the molecule is C=CC(=C)OCC(COC(=O)C=C)(COC(=O)C=C)COC(=O)NC(C)CCCCC(C)NC(=O)OCC(COC(=O)C=C)(COC(=O)C=C)COC(=O)CC. The lowest BCUT2D eigenvalue weighted by Crippen LogP contribution is -2.45. The number of nitrogens with one attached hydrogen (secondary N) is 2. The van der Waals surface area contributed by atoms with Crippen LogP contribution in [-0.4, -0.2) is 107 Å². The second kappa shape index (κ2) is 27.7. The predicted molar refractivity (Wildman–Crippen MR) is 202 cm³/mol. The summed E-state index contributed by atoms with van der Waals surface area (Å²) < 4.78 is 42.3. The van der Waals surface area contributed by atoms with E-state index < -0.39 is 79.3 Å². The molecule has 312 valence electrons. The number of ether oxygens (including phenoxy) is 8. The highest BCUT2D eigenvalue weighted by Gasteiger charge is 2.39. The highest BCUT2D eigenvalue weighted by Crippen LogP contribution is 2.24. The van der Waals surface area contributed by atoms with Gasteiger partial charge in [-0.3, -0.25) is 4.79 Å². The van der Waals surface area contributed by atoms with Crippen LogP contribution in [0, 0.1) is 10.8 Å². The van der Waals surface area contributed by atoms with Crippen LogP contribution in [0.2, 0.25) is 0 Å². The Morgan fingerprint density at radius 1 is 0.500 bits per heavy atom. The quantitative estimate of drug-likeness (QED) is 0.0258. The van der Waals surface area contributed by atoms with Gasteiger partial charge in [-0.1, -0.05) is 59.2 Å². The third-order valence-corrected chi connectivity index (χ3v) is 7.64. The predicted octanol–water partition coefficient (Wildman–Crippen LogP) is 4.34. The van der Waals surface area contributed by atoms with E-state index in [1.54, 1.807) is 20.8 Å². The van der Waals surface area contributed by atoms with Crippen molar-refractivity contribution in [3.05, 3.63) is 75.6 Å². The molecule has 2 unspecified atom stereocenters. The molecule has 0 saturated heterocycles. The highest BCUT2D eigenvalue weighted by atomic mass is 16.6. The van der Waals surface area contributed by atoms with Gasteiger partial charge >= 0.3 is 42.0 Å². The maximum absolute atomic E-state index is 12.7. The maximum atomic E-state index is 12.7. The lowest BCUT2D eigenvalue weighted by atomic mass is 9.92. The maximum Gasteiger partial charge on any atom is 0.407 e. The Labute approximate surface area is 328 Å². The molecule has 0 bridgehead atoms. The molecule has 0 aliphatic heterocycles. The molecule has 0 fully saturated rings. The fourth-order valence-corrected chi connectivity index (χ4v) is 4.24. The van der Waals surface area contributed by atoms with E-state index in [1.807, 2.05) is 0 Å². The van der Waals surface area contributed by atoms with Gasteiger partial charge in [0.15, 0.2) is 0 Å². The van der Waals surface area contributed by atoms with Gasteiger partial charge in [-0.15, -0.1) is 0 Å². The number of esters is 5. The van der Waals surface area contributed by atoms with Crippen molar-refractivity contribution in [1.29, 1.82) is 0 Å². The van der Waals surface area contributed by atoms with Gasteiger partial charge in [-0.25, -0.2) is 28.8 Å². The second-order valence-electron chi connectivity index (χ2n) is 12.7. The zero-order valence-electron chi connectivity index (χ0n) is 32.6. The molecule has 56 heavy (non-hydrogen) atoms. The third-order valence-electron chi connectivity index (χ3n) is 7.64. The molecule has 0 spiro atoms. The zero-order valence-corrected chi connectivity index (χ0v) is 32.6. The molecule has 17 heteroatoms. The molecular formula is C39H56N2O15. The van der Waals surface area contributed by atoms with Gasteiger partial charge in [-0.05, 0) is 32.8 Å². The Bertz CT molecular complexity index is 1320. The van der Waals surface area contributed by atoms with E-state index in [0.717, 1.165) is 24.3 Å². The van der Waals surface area contributed by atoms with Crippen LogP contribution in [0.15, 0.2) is 75.6 Å². The van der Waals surface area contributed by atoms with Gasteiger partial charge in [0.2, 0.25) is 0 Å². The van der Waals surface area contributed by atoms with Crippen LogP contribution >= 0.6 is 0 Å². The summed E-state index contributed by atoms with van der Waals surface area (Å²) in [5, 5.41) is 5.41. The van der Waals surface area contributed by atoms with Crippen molar-refractivity contribution < 1.29 is 71.5 Å². The molecule has 0 saturated carbocycles. The Hall–Kier alpha value is -5.87. The number of hydrogen-bond acceptors (Lipinski definition) is 15. The van der Waals surface area contributed by atoms with Crippen LogP contribution in [0.3, 0.4) is 0 Å². The van der Waals surface area contributed by atoms with Crippen LogP contribution in [0.1, 0.15) is 52.9 Å². The summed E-state index contributed by atoms with van der Waals surface area (Å²) in [5.74, 6) is -3.50. The van der Waals surface area contributed by atoms with Crippen LogP contribution in [0.5, 0.6) is 0 Å². The number of unbranched alkanes of at least 4 members (excludes halogenated alkanes) is 1. The van der Waals surface area contributed by atoms with Crippen molar-refractivity contribution in [3.8, 4) is 0 Å². The molecule has 0 rings (SSSR count). The lowest BCUT2D eigenvalue weighted by Gasteiger charge is -2.32. The van der Waals surface area contributed by atoms with Gasteiger partial charge in [0.25, 0.3) is 0 Å². The number of carbonyl (C=O) groups excluding carboxylic acids is 7. The summed E-state index contributed by atoms with van der Waals surface area (Å²) in [7, 11) is 0. The van der Waals surface area contributed by atoms with Crippen molar-refractivity contribution in [3.63, 3.8) is 0 Å². The molecule has 17 nitrogen and oxygen atoms in total. The number of hydrogen-bond donors (Lipinski definition) is 2. The van der Waals surface area contributed by atoms with E-state index in [-0.39, 0.29) is 50.7 Å². The minimum absolute atomic E-state index is 0.0458. The molecule has 0 aromatic rings. The van der Waals surface area contributed by atoms with Crippen molar-refractivity contribution in [2.45, 2.75) is 65.0 Å². The topological polar surface area (TPSA) is 217 Å². The van der Waals surface area contributed by atoms with Crippen molar-refractivity contribution in [2.75, 3.05) is 52.9 Å². The van der Waals surface area contributed by atoms with E-state index in [2.05, 4.69) is 50.1 Å². The average molecular weight is 793 g/mol. The fraction of sp³-hybridized carbons (Fsp3) is 0.513. The largest absolute Gasteiger partial charge is 0.493 e. The smallest absolute Gasteiger partial charge is 0.407 e. The number of rotatable bonds is 30. The van der Waals surface area contributed by atoms with Crippen molar-refractivity contribution >= 4 is 42.0 Å². The van der Waals surface area contributed by atoms with Crippen LogP contribution < -0.4 is 10.6 Å². The minimum atomic E-state index is -1.43. The van der Waals surface area contributed by atoms with Gasteiger partial charge in [0, 0.05) is 42.8 Å². The number of allylic oxidation sites excluding steroid dienone is 1. The average Bonchev–Trinajstić information content (AvgIpc) is 3.20. The Kier molecular flexibility index (Phi) is 24.8. The van der Waals surface area contributed by atoms with E-state index in [4.69, 9.17) is 37.9 Å². The summed E-state index contributed by atoms with van der Waals surface area (Å²) in [5.41, 5.74) is -2.76.